The van der Waals surface area contributed by atoms with Crippen molar-refractivity contribution in [3.63, 3.8) is 0 Å². The Morgan fingerprint density at radius 2 is 1.85 bits per heavy atom. The molecule has 1 aromatic rings. The Hall–Kier alpha value is -2.77. The minimum atomic E-state index is -0.761. The number of hydrogen-bond donors (Lipinski definition) is 1. The summed E-state index contributed by atoms with van der Waals surface area (Å²) in [6, 6.07) is 4.73. The van der Waals surface area contributed by atoms with Crippen molar-refractivity contribution in [3.05, 3.63) is 18.2 Å². The van der Waals surface area contributed by atoms with Gasteiger partial charge in [0.25, 0.3) is 0 Å². The molecule has 2 fully saturated rings. The standard InChI is InChI=1S/C18H21N3O5/c19-16(22)13-2-1-6-21(13)18(24)12-5-7-20(17(12)23)11-3-4-14-15(10-11)26-9-8-25-14/h3-4,10,12-13H,1-2,5-9H2,(H2,19,22)/t12?,13-/m1/s1. The first-order valence-electron chi connectivity index (χ1n) is 8.87. The number of rotatable bonds is 3. The summed E-state index contributed by atoms with van der Waals surface area (Å²) in [6.45, 7) is 1.89. The van der Waals surface area contributed by atoms with E-state index in [2.05, 4.69) is 0 Å². The first-order valence-corrected chi connectivity index (χ1v) is 8.87. The first-order chi connectivity index (χ1) is 12.6. The summed E-state index contributed by atoms with van der Waals surface area (Å²) in [5.41, 5.74) is 6.07. The molecule has 2 atom stereocenters. The quantitative estimate of drug-likeness (QED) is 0.782. The molecule has 26 heavy (non-hydrogen) atoms. The zero-order valence-electron chi connectivity index (χ0n) is 14.3. The highest BCUT2D eigenvalue weighted by molar-refractivity contribution is 6.10. The van der Waals surface area contributed by atoms with Crippen molar-refractivity contribution < 1.29 is 23.9 Å². The van der Waals surface area contributed by atoms with Crippen molar-refractivity contribution in [1.82, 2.24) is 4.90 Å². The van der Waals surface area contributed by atoms with E-state index in [4.69, 9.17) is 15.2 Å². The lowest BCUT2D eigenvalue weighted by Gasteiger charge is -2.25. The van der Waals surface area contributed by atoms with Gasteiger partial charge in [-0.1, -0.05) is 0 Å². The molecule has 0 aromatic heterocycles. The molecule has 3 amide bonds. The van der Waals surface area contributed by atoms with E-state index in [0.29, 0.717) is 56.3 Å². The predicted octanol–water partition coefficient (Wildman–Crippen LogP) is 0.287. The fourth-order valence-corrected chi connectivity index (χ4v) is 3.89. The molecule has 0 spiro atoms. The topological polar surface area (TPSA) is 102 Å². The minimum Gasteiger partial charge on any atom is -0.486 e. The second-order valence-electron chi connectivity index (χ2n) is 6.75. The maximum Gasteiger partial charge on any atom is 0.240 e. The molecule has 3 aliphatic heterocycles. The zero-order chi connectivity index (χ0) is 18.3. The number of fused-ring (bicyclic) bond motifs is 1. The van der Waals surface area contributed by atoms with Crippen molar-refractivity contribution in [2.75, 3.05) is 31.2 Å². The van der Waals surface area contributed by atoms with Crippen LogP contribution in [-0.4, -0.2) is 55.0 Å². The van der Waals surface area contributed by atoms with Gasteiger partial charge < -0.3 is 25.0 Å². The van der Waals surface area contributed by atoms with Crippen LogP contribution in [0.3, 0.4) is 0 Å². The van der Waals surface area contributed by atoms with Crippen molar-refractivity contribution in [2.24, 2.45) is 11.7 Å². The number of primary amides is 1. The second kappa shape index (κ2) is 6.51. The second-order valence-corrected chi connectivity index (χ2v) is 6.75. The van der Waals surface area contributed by atoms with Gasteiger partial charge in [0, 0.05) is 24.8 Å². The largest absolute Gasteiger partial charge is 0.486 e. The van der Waals surface area contributed by atoms with E-state index in [-0.39, 0.29) is 11.8 Å². The van der Waals surface area contributed by atoms with Gasteiger partial charge in [0.15, 0.2) is 11.5 Å². The molecule has 2 N–H and O–H groups in total. The van der Waals surface area contributed by atoms with Gasteiger partial charge in [0.05, 0.1) is 0 Å². The Morgan fingerprint density at radius 3 is 2.62 bits per heavy atom. The molecule has 8 nitrogen and oxygen atoms in total. The number of benzene rings is 1. The van der Waals surface area contributed by atoms with Crippen molar-refractivity contribution in [3.8, 4) is 11.5 Å². The Labute approximate surface area is 150 Å². The van der Waals surface area contributed by atoms with Crippen LogP contribution in [0.25, 0.3) is 0 Å². The van der Waals surface area contributed by atoms with Gasteiger partial charge in [0.2, 0.25) is 17.7 Å². The molecular weight excluding hydrogens is 338 g/mol. The van der Waals surface area contributed by atoms with Crippen LogP contribution in [0, 0.1) is 5.92 Å². The number of hydrogen-bond acceptors (Lipinski definition) is 5. The van der Waals surface area contributed by atoms with Crippen LogP contribution in [0.5, 0.6) is 11.5 Å². The van der Waals surface area contributed by atoms with E-state index in [0.717, 1.165) is 6.42 Å². The number of nitrogens with zero attached hydrogens (tertiary/aromatic N) is 2. The van der Waals surface area contributed by atoms with Crippen molar-refractivity contribution in [2.45, 2.75) is 25.3 Å². The van der Waals surface area contributed by atoms with Crippen LogP contribution < -0.4 is 20.1 Å². The zero-order valence-corrected chi connectivity index (χ0v) is 14.3. The van der Waals surface area contributed by atoms with E-state index in [1.54, 1.807) is 23.1 Å². The smallest absolute Gasteiger partial charge is 0.240 e. The van der Waals surface area contributed by atoms with E-state index < -0.39 is 17.9 Å². The molecule has 2 saturated heterocycles. The number of anilines is 1. The molecule has 1 aromatic carbocycles. The highest BCUT2D eigenvalue weighted by Crippen LogP contribution is 2.36. The molecule has 0 bridgehead atoms. The SMILES string of the molecule is NC(=O)[C@H]1CCCN1C(=O)C1CCN(c2ccc3c(c2)OCCO3)C1=O. The third-order valence-corrected chi connectivity index (χ3v) is 5.21. The Bertz CT molecular complexity index is 765. The van der Waals surface area contributed by atoms with Crippen molar-refractivity contribution in [1.29, 1.82) is 0 Å². The number of amides is 3. The lowest BCUT2D eigenvalue weighted by Crippen LogP contribution is -2.47. The summed E-state index contributed by atoms with van der Waals surface area (Å²) >= 11 is 0. The summed E-state index contributed by atoms with van der Waals surface area (Å²) in [5, 5.41) is 0. The number of nitrogens with two attached hydrogens (primary N) is 1. The Balaban J connectivity index is 1.51. The maximum atomic E-state index is 12.8. The van der Waals surface area contributed by atoms with E-state index >= 15 is 0 Å². The van der Waals surface area contributed by atoms with Gasteiger partial charge >= 0.3 is 0 Å². The molecule has 3 aliphatic rings. The minimum absolute atomic E-state index is 0.248. The van der Waals surface area contributed by atoms with Gasteiger partial charge in [0.1, 0.15) is 25.2 Å². The van der Waals surface area contributed by atoms with E-state index in [1.165, 1.54) is 4.90 Å². The van der Waals surface area contributed by atoms with Gasteiger partial charge in [-0.25, -0.2) is 0 Å². The van der Waals surface area contributed by atoms with Gasteiger partial charge in [-0.05, 0) is 31.4 Å². The van der Waals surface area contributed by atoms with Crippen LogP contribution in [-0.2, 0) is 14.4 Å². The average Bonchev–Trinajstić information content (AvgIpc) is 3.28. The fourth-order valence-electron chi connectivity index (χ4n) is 3.89. The van der Waals surface area contributed by atoms with Crippen LogP contribution in [0.2, 0.25) is 0 Å². The first kappa shape index (κ1) is 16.7. The van der Waals surface area contributed by atoms with Crippen molar-refractivity contribution >= 4 is 23.4 Å². The normalized spacial score (nSPS) is 24.8. The van der Waals surface area contributed by atoms with E-state index in [1.807, 2.05) is 0 Å². The maximum absolute atomic E-state index is 12.8. The molecule has 0 aliphatic carbocycles. The number of likely N-dealkylation sites (tertiary alicyclic amines) is 1. The van der Waals surface area contributed by atoms with Crippen LogP contribution in [0.4, 0.5) is 5.69 Å². The van der Waals surface area contributed by atoms with Gasteiger partial charge in [-0.2, -0.15) is 0 Å². The molecule has 0 radical (unpaired) electrons. The highest BCUT2D eigenvalue weighted by atomic mass is 16.6. The summed E-state index contributed by atoms with van der Waals surface area (Å²) in [6.07, 6.45) is 1.72. The number of carbonyl (C=O) groups is 3. The molecular formula is C18H21N3O5. The lowest BCUT2D eigenvalue weighted by molar-refractivity contribution is -0.143. The monoisotopic (exact) mass is 359 g/mol. The fraction of sp³-hybridized carbons (Fsp3) is 0.500. The number of carbonyl (C=O) groups excluding carboxylic acids is 3. The van der Waals surface area contributed by atoms with Crippen LogP contribution >= 0.6 is 0 Å². The summed E-state index contributed by atoms with van der Waals surface area (Å²) in [4.78, 5) is 40.3. The van der Waals surface area contributed by atoms with E-state index in [9.17, 15) is 14.4 Å². The third-order valence-electron chi connectivity index (χ3n) is 5.21. The summed E-state index contributed by atoms with van der Waals surface area (Å²) in [7, 11) is 0. The Morgan fingerprint density at radius 1 is 1.08 bits per heavy atom. The summed E-state index contributed by atoms with van der Waals surface area (Å²) < 4.78 is 11.1. The molecule has 8 heteroatoms. The lowest BCUT2D eigenvalue weighted by atomic mass is 10.1. The van der Waals surface area contributed by atoms with Crippen LogP contribution in [0.1, 0.15) is 19.3 Å². The molecule has 0 saturated carbocycles. The molecule has 4 rings (SSSR count). The highest BCUT2D eigenvalue weighted by Gasteiger charge is 2.43. The number of ether oxygens (including phenoxy) is 2. The van der Waals surface area contributed by atoms with Gasteiger partial charge in [-0.3, -0.25) is 14.4 Å². The summed E-state index contributed by atoms with van der Waals surface area (Å²) in [5.74, 6) is -0.559. The predicted molar refractivity (Wildman–Crippen MR) is 91.8 cm³/mol. The van der Waals surface area contributed by atoms with Crippen LogP contribution in [0.15, 0.2) is 18.2 Å². The molecule has 138 valence electrons. The molecule has 3 heterocycles. The molecule has 1 unspecified atom stereocenters. The van der Waals surface area contributed by atoms with Gasteiger partial charge in [-0.15, -0.1) is 0 Å². The Kier molecular flexibility index (Phi) is 4.18. The third kappa shape index (κ3) is 2.75. The average molecular weight is 359 g/mol.